The van der Waals surface area contributed by atoms with Crippen molar-refractivity contribution in [2.75, 3.05) is 11.9 Å². The smallest absolute Gasteiger partial charge is 0.306 e. The minimum atomic E-state index is -0.0172. The van der Waals surface area contributed by atoms with Crippen LogP contribution in [0.5, 0.6) is 0 Å². The van der Waals surface area contributed by atoms with Gasteiger partial charge >= 0.3 is 5.97 Å². The Labute approximate surface area is 146 Å². The molecule has 0 radical (unpaired) electrons. The van der Waals surface area contributed by atoms with Crippen molar-refractivity contribution < 1.29 is 9.53 Å². The topological polar surface area (TPSA) is 26.3 Å². The summed E-state index contributed by atoms with van der Waals surface area (Å²) in [5.74, 6) is -0.0172. The first-order valence-corrected chi connectivity index (χ1v) is 10.4. The molecule has 0 heterocycles. The molecule has 0 aliphatic rings. The Morgan fingerprint density at radius 1 is 0.909 bits per heavy atom. The van der Waals surface area contributed by atoms with Gasteiger partial charge in [0, 0.05) is 5.33 Å². The summed E-state index contributed by atoms with van der Waals surface area (Å²) in [5.41, 5.74) is 0.0730. The minimum Gasteiger partial charge on any atom is -0.466 e. The Kier molecular flexibility index (Phi) is 14.5. The van der Waals surface area contributed by atoms with E-state index in [4.69, 9.17) is 4.74 Å². The van der Waals surface area contributed by atoms with Gasteiger partial charge in [-0.1, -0.05) is 88.1 Å². The zero-order valence-electron chi connectivity index (χ0n) is 15.1. The molecule has 0 bridgehead atoms. The average Bonchev–Trinajstić information content (AvgIpc) is 2.46. The maximum Gasteiger partial charge on any atom is 0.306 e. The number of carbonyl (C=O) groups excluding carboxylic acids is 1. The number of hydrogen-bond acceptors (Lipinski definition) is 2. The summed E-state index contributed by atoms with van der Waals surface area (Å²) in [6, 6.07) is 0. The van der Waals surface area contributed by atoms with Crippen LogP contribution in [0.3, 0.4) is 0 Å². The number of carbonyl (C=O) groups is 1. The minimum absolute atomic E-state index is 0.0172. The largest absolute Gasteiger partial charge is 0.466 e. The highest BCUT2D eigenvalue weighted by atomic mass is 79.9. The van der Waals surface area contributed by atoms with Crippen molar-refractivity contribution in [1.82, 2.24) is 0 Å². The molecule has 2 nitrogen and oxygen atoms in total. The number of hydrogen-bond donors (Lipinski definition) is 0. The van der Waals surface area contributed by atoms with Crippen LogP contribution in [0.25, 0.3) is 0 Å². The maximum absolute atomic E-state index is 11.9. The molecule has 132 valence electrons. The van der Waals surface area contributed by atoms with E-state index in [0.717, 1.165) is 18.2 Å². The lowest BCUT2D eigenvalue weighted by atomic mass is 9.84. The molecule has 0 aromatic heterocycles. The van der Waals surface area contributed by atoms with E-state index >= 15 is 0 Å². The van der Waals surface area contributed by atoms with Gasteiger partial charge in [-0.3, -0.25) is 4.79 Å². The summed E-state index contributed by atoms with van der Waals surface area (Å²) >= 11 is 3.45. The van der Waals surface area contributed by atoms with Crippen molar-refractivity contribution in [1.29, 1.82) is 0 Å². The van der Waals surface area contributed by atoms with Gasteiger partial charge in [0.15, 0.2) is 0 Å². The third-order valence-electron chi connectivity index (χ3n) is 4.12. The zero-order valence-corrected chi connectivity index (χ0v) is 16.7. The van der Waals surface area contributed by atoms with Crippen molar-refractivity contribution in [3.05, 3.63) is 0 Å². The van der Waals surface area contributed by atoms with E-state index < -0.39 is 0 Å². The van der Waals surface area contributed by atoms with Gasteiger partial charge < -0.3 is 4.74 Å². The maximum atomic E-state index is 11.9. The Bertz CT molecular complexity index is 264. The van der Waals surface area contributed by atoms with E-state index in [9.17, 15) is 4.79 Å². The molecular formula is C19H37BrO2. The zero-order chi connectivity index (χ0) is 16.7. The number of ether oxygens (including phenoxy) is 1. The van der Waals surface area contributed by atoms with Gasteiger partial charge in [-0.25, -0.2) is 0 Å². The average molecular weight is 377 g/mol. The lowest BCUT2D eigenvalue weighted by Crippen LogP contribution is -2.19. The Balaban J connectivity index is 3.54. The number of halogens is 1. The summed E-state index contributed by atoms with van der Waals surface area (Å²) < 4.78 is 5.39. The molecule has 3 heteroatoms. The van der Waals surface area contributed by atoms with Gasteiger partial charge in [0.05, 0.1) is 13.0 Å². The molecule has 0 aliphatic carbocycles. The lowest BCUT2D eigenvalue weighted by Gasteiger charge is -2.23. The van der Waals surface area contributed by atoms with Crippen molar-refractivity contribution in [2.45, 2.75) is 97.8 Å². The van der Waals surface area contributed by atoms with Crippen molar-refractivity contribution >= 4 is 21.9 Å². The molecule has 0 spiro atoms. The second-order valence-corrected chi connectivity index (χ2v) is 7.98. The fourth-order valence-corrected chi connectivity index (χ4v) is 3.05. The van der Waals surface area contributed by atoms with Gasteiger partial charge in [-0.15, -0.1) is 0 Å². The Morgan fingerprint density at radius 3 is 2.14 bits per heavy atom. The predicted molar refractivity (Wildman–Crippen MR) is 99.6 cm³/mol. The predicted octanol–water partition coefficient (Wildman–Crippen LogP) is 6.65. The lowest BCUT2D eigenvalue weighted by molar-refractivity contribution is -0.146. The van der Waals surface area contributed by atoms with E-state index in [2.05, 4.69) is 36.7 Å². The fraction of sp³-hybridized carbons (Fsp3) is 0.947. The van der Waals surface area contributed by atoms with Gasteiger partial charge in [0.25, 0.3) is 0 Å². The van der Waals surface area contributed by atoms with Crippen LogP contribution in [0.4, 0.5) is 0 Å². The number of unbranched alkanes of at least 4 members (excludes halogenated alkanes) is 8. The highest BCUT2D eigenvalue weighted by Crippen LogP contribution is 2.28. The van der Waals surface area contributed by atoms with Gasteiger partial charge in [0.1, 0.15) is 0 Å². The van der Waals surface area contributed by atoms with E-state index in [1.54, 1.807) is 0 Å². The first-order valence-electron chi connectivity index (χ1n) is 9.23. The molecule has 22 heavy (non-hydrogen) atoms. The van der Waals surface area contributed by atoms with Gasteiger partial charge in [0.2, 0.25) is 0 Å². The van der Waals surface area contributed by atoms with Crippen LogP contribution in [0.15, 0.2) is 0 Å². The van der Waals surface area contributed by atoms with Crippen LogP contribution in [-0.4, -0.2) is 17.9 Å². The molecule has 0 atom stereocenters. The molecule has 0 saturated heterocycles. The molecule has 0 rings (SSSR count). The molecule has 0 aromatic rings. The molecule has 0 N–H and O–H groups in total. The van der Waals surface area contributed by atoms with Crippen molar-refractivity contribution in [3.63, 3.8) is 0 Å². The van der Waals surface area contributed by atoms with E-state index in [0.29, 0.717) is 13.0 Å². The van der Waals surface area contributed by atoms with Crippen LogP contribution in [0, 0.1) is 5.41 Å². The second kappa shape index (κ2) is 14.5. The quantitative estimate of drug-likeness (QED) is 0.181. The standard InChI is InChI=1S/C19H37BrO2/c1-4-5-6-7-8-9-13-16-22-18(21)17-19(2,3)14-11-10-12-15-20/h4-17H2,1-3H3. The summed E-state index contributed by atoms with van der Waals surface area (Å²) in [5, 5.41) is 1.08. The highest BCUT2D eigenvalue weighted by molar-refractivity contribution is 9.09. The molecule has 0 fully saturated rings. The van der Waals surface area contributed by atoms with Crippen LogP contribution in [-0.2, 0) is 9.53 Å². The monoisotopic (exact) mass is 376 g/mol. The van der Waals surface area contributed by atoms with Crippen LogP contribution in [0.2, 0.25) is 0 Å². The number of alkyl halides is 1. The number of rotatable bonds is 15. The first-order chi connectivity index (χ1) is 10.5. The summed E-state index contributed by atoms with van der Waals surface area (Å²) in [6.07, 6.45) is 14.1. The normalized spacial score (nSPS) is 11.6. The molecule has 0 aliphatic heterocycles. The van der Waals surface area contributed by atoms with Gasteiger partial charge in [-0.2, -0.15) is 0 Å². The van der Waals surface area contributed by atoms with Crippen LogP contribution >= 0.6 is 15.9 Å². The molecule has 0 aromatic carbocycles. The third-order valence-corrected chi connectivity index (χ3v) is 4.68. The molecule has 0 unspecified atom stereocenters. The first kappa shape index (κ1) is 21.9. The SMILES string of the molecule is CCCCCCCCCOC(=O)CC(C)(C)CCCCCBr. The van der Waals surface area contributed by atoms with Crippen LogP contribution in [0.1, 0.15) is 97.8 Å². The third kappa shape index (κ3) is 14.9. The Morgan fingerprint density at radius 2 is 1.50 bits per heavy atom. The van der Waals surface area contributed by atoms with E-state index in [1.165, 1.54) is 57.8 Å². The summed E-state index contributed by atoms with van der Waals surface area (Å²) in [4.78, 5) is 11.9. The second-order valence-electron chi connectivity index (χ2n) is 7.18. The fourth-order valence-electron chi connectivity index (χ4n) is 2.65. The van der Waals surface area contributed by atoms with Crippen molar-refractivity contribution in [3.8, 4) is 0 Å². The molecule has 0 amide bonds. The molecular weight excluding hydrogens is 340 g/mol. The highest BCUT2D eigenvalue weighted by Gasteiger charge is 2.22. The Hall–Kier alpha value is -0.0500. The van der Waals surface area contributed by atoms with Gasteiger partial charge in [-0.05, 0) is 24.7 Å². The number of esters is 1. The van der Waals surface area contributed by atoms with E-state index in [-0.39, 0.29) is 11.4 Å². The van der Waals surface area contributed by atoms with Crippen molar-refractivity contribution in [2.24, 2.45) is 5.41 Å². The van der Waals surface area contributed by atoms with Crippen LogP contribution < -0.4 is 0 Å². The molecule has 0 saturated carbocycles. The summed E-state index contributed by atoms with van der Waals surface area (Å²) in [6.45, 7) is 7.20. The van der Waals surface area contributed by atoms with E-state index in [1.807, 2.05) is 0 Å². The summed E-state index contributed by atoms with van der Waals surface area (Å²) in [7, 11) is 0.